The summed E-state index contributed by atoms with van der Waals surface area (Å²) >= 11 is 11.7. The molecule has 1 atom stereocenters. The van der Waals surface area contributed by atoms with Crippen molar-refractivity contribution in [3.05, 3.63) is 44.3 Å². The van der Waals surface area contributed by atoms with Crippen molar-refractivity contribution in [1.29, 1.82) is 0 Å². The summed E-state index contributed by atoms with van der Waals surface area (Å²) in [5.41, 5.74) is 14.8. The predicted molar refractivity (Wildman–Crippen MR) is 62.2 cm³/mol. The van der Waals surface area contributed by atoms with Crippen molar-refractivity contribution >= 4 is 23.2 Å². The summed E-state index contributed by atoms with van der Waals surface area (Å²) in [7, 11) is 0. The quantitative estimate of drug-likeness (QED) is 0.493. The van der Waals surface area contributed by atoms with E-state index in [2.05, 4.69) is 10.0 Å². The Kier molecular flexibility index (Phi) is 4.72. The van der Waals surface area contributed by atoms with Gasteiger partial charge in [-0.3, -0.25) is 0 Å². The molecule has 0 saturated carbocycles. The molecule has 1 aromatic rings. The van der Waals surface area contributed by atoms with Gasteiger partial charge >= 0.3 is 0 Å². The van der Waals surface area contributed by atoms with E-state index in [4.69, 9.17) is 34.5 Å². The Balaban J connectivity index is 2.67. The highest BCUT2D eigenvalue weighted by molar-refractivity contribution is 6.35. The van der Waals surface area contributed by atoms with Gasteiger partial charge in [0.15, 0.2) is 0 Å². The standard InChI is InChI=1S/C9H10Cl2N4/c10-7-2-1-6(9(11)4-7)3-8(12)5-14-15-13/h1-2,4,8H,3,5,12H2/t8-/m0/s1. The van der Waals surface area contributed by atoms with Crippen LogP contribution in [-0.2, 0) is 6.42 Å². The fourth-order valence-corrected chi connectivity index (χ4v) is 1.66. The molecule has 0 spiro atoms. The molecule has 0 unspecified atom stereocenters. The van der Waals surface area contributed by atoms with Gasteiger partial charge in [-0.05, 0) is 29.6 Å². The summed E-state index contributed by atoms with van der Waals surface area (Å²) in [5, 5.41) is 4.57. The average Bonchev–Trinajstić information content (AvgIpc) is 2.19. The molecule has 0 heterocycles. The maximum atomic E-state index is 8.13. The topological polar surface area (TPSA) is 74.8 Å². The Morgan fingerprint density at radius 1 is 1.47 bits per heavy atom. The monoisotopic (exact) mass is 244 g/mol. The van der Waals surface area contributed by atoms with Gasteiger partial charge in [-0.2, -0.15) is 0 Å². The van der Waals surface area contributed by atoms with E-state index in [0.717, 1.165) is 5.56 Å². The van der Waals surface area contributed by atoms with E-state index in [0.29, 0.717) is 16.5 Å². The lowest BCUT2D eigenvalue weighted by atomic mass is 10.1. The van der Waals surface area contributed by atoms with E-state index < -0.39 is 0 Å². The molecule has 0 aliphatic rings. The third-order valence-corrected chi connectivity index (χ3v) is 2.46. The smallest absolute Gasteiger partial charge is 0.0453 e. The Morgan fingerprint density at radius 3 is 2.80 bits per heavy atom. The summed E-state index contributed by atoms with van der Waals surface area (Å²) in [4.78, 5) is 2.64. The number of halogens is 2. The predicted octanol–water partition coefficient (Wildman–Crippen LogP) is 3.17. The molecule has 0 fully saturated rings. The normalized spacial score (nSPS) is 11.9. The third kappa shape index (κ3) is 3.98. The van der Waals surface area contributed by atoms with Gasteiger partial charge in [-0.15, -0.1) is 0 Å². The summed E-state index contributed by atoms with van der Waals surface area (Å²) < 4.78 is 0. The first-order chi connectivity index (χ1) is 7.13. The minimum absolute atomic E-state index is 0.223. The van der Waals surface area contributed by atoms with Crippen molar-refractivity contribution in [2.75, 3.05) is 6.54 Å². The number of azide groups is 1. The van der Waals surface area contributed by atoms with Crippen LogP contribution >= 0.6 is 23.2 Å². The van der Waals surface area contributed by atoms with Gasteiger partial charge in [0.05, 0.1) is 0 Å². The van der Waals surface area contributed by atoms with E-state index in [9.17, 15) is 0 Å². The van der Waals surface area contributed by atoms with E-state index >= 15 is 0 Å². The van der Waals surface area contributed by atoms with Crippen LogP contribution < -0.4 is 5.73 Å². The highest BCUT2D eigenvalue weighted by Crippen LogP contribution is 2.21. The number of rotatable bonds is 4. The Morgan fingerprint density at radius 2 is 2.20 bits per heavy atom. The van der Waals surface area contributed by atoms with Crippen molar-refractivity contribution in [2.45, 2.75) is 12.5 Å². The Labute approximate surface area is 97.6 Å². The number of nitrogens with two attached hydrogens (primary N) is 1. The van der Waals surface area contributed by atoms with Crippen LogP contribution in [0.3, 0.4) is 0 Å². The molecular formula is C9H10Cl2N4. The fourth-order valence-electron chi connectivity index (χ4n) is 1.18. The lowest BCUT2D eigenvalue weighted by molar-refractivity contribution is 0.676. The molecular weight excluding hydrogens is 235 g/mol. The van der Waals surface area contributed by atoms with E-state index in [-0.39, 0.29) is 12.6 Å². The molecule has 6 heteroatoms. The van der Waals surface area contributed by atoms with Crippen LogP contribution in [0.15, 0.2) is 23.3 Å². The molecule has 0 bridgehead atoms. The first kappa shape index (κ1) is 12.1. The van der Waals surface area contributed by atoms with Crippen molar-refractivity contribution in [3.63, 3.8) is 0 Å². The van der Waals surface area contributed by atoms with Gasteiger partial charge in [0.1, 0.15) is 0 Å². The Hall–Kier alpha value is -0.930. The van der Waals surface area contributed by atoms with Crippen LogP contribution in [-0.4, -0.2) is 12.6 Å². The van der Waals surface area contributed by atoms with E-state index in [1.807, 2.05) is 6.07 Å². The van der Waals surface area contributed by atoms with Gasteiger partial charge < -0.3 is 5.73 Å². The van der Waals surface area contributed by atoms with Crippen molar-refractivity contribution < 1.29 is 0 Å². The molecule has 0 saturated heterocycles. The summed E-state index contributed by atoms with van der Waals surface area (Å²) in [6, 6.07) is 5.02. The molecule has 0 amide bonds. The van der Waals surface area contributed by atoms with Crippen LogP contribution in [0.25, 0.3) is 10.4 Å². The Bertz CT molecular complexity index is 388. The lowest BCUT2D eigenvalue weighted by Gasteiger charge is -2.09. The van der Waals surface area contributed by atoms with Crippen molar-refractivity contribution in [1.82, 2.24) is 0 Å². The van der Waals surface area contributed by atoms with Gasteiger partial charge in [0.2, 0.25) is 0 Å². The maximum absolute atomic E-state index is 8.13. The second-order valence-corrected chi connectivity index (χ2v) is 3.96. The maximum Gasteiger partial charge on any atom is 0.0453 e. The van der Waals surface area contributed by atoms with Crippen molar-refractivity contribution in [3.8, 4) is 0 Å². The van der Waals surface area contributed by atoms with Gasteiger partial charge in [-0.25, -0.2) is 0 Å². The zero-order valence-electron chi connectivity index (χ0n) is 7.90. The lowest BCUT2D eigenvalue weighted by Crippen LogP contribution is -2.26. The zero-order chi connectivity index (χ0) is 11.3. The van der Waals surface area contributed by atoms with E-state index in [1.165, 1.54) is 0 Å². The summed E-state index contributed by atoms with van der Waals surface area (Å²) in [6.45, 7) is 0.259. The number of benzene rings is 1. The molecule has 2 N–H and O–H groups in total. The summed E-state index contributed by atoms with van der Waals surface area (Å²) in [6.07, 6.45) is 0.565. The third-order valence-electron chi connectivity index (χ3n) is 1.88. The molecule has 0 aliphatic carbocycles. The van der Waals surface area contributed by atoms with Crippen LogP contribution in [0.5, 0.6) is 0 Å². The van der Waals surface area contributed by atoms with Crippen LogP contribution in [0.1, 0.15) is 5.56 Å². The second-order valence-electron chi connectivity index (χ2n) is 3.11. The number of hydrogen-bond acceptors (Lipinski definition) is 2. The van der Waals surface area contributed by atoms with E-state index in [1.54, 1.807) is 12.1 Å². The fraction of sp³-hybridized carbons (Fsp3) is 0.333. The first-order valence-electron chi connectivity index (χ1n) is 4.34. The van der Waals surface area contributed by atoms with Crippen LogP contribution in [0.2, 0.25) is 10.0 Å². The average molecular weight is 245 g/mol. The SMILES string of the molecule is [N-]=[N+]=NC[C@@H](N)Cc1ccc(Cl)cc1Cl. The minimum atomic E-state index is -0.223. The molecule has 15 heavy (non-hydrogen) atoms. The molecule has 4 nitrogen and oxygen atoms in total. The van der Waals surface area contributed by atoms with Gasteiger partial charge in [0.25, 0.3) is 0 Å². The molecule has 1 rings (SSSR count). The number of nitrogens with zero attached hydrogens (tertiary/aromatic N) is 3. The first-order valence-corrected chi connectivity index (χ1v) is 5.09. The number of hydrogen-bond donors (Lipinski definition) is 1. The highest BCUT2D eigenvalue weighted by Gasteiger charge is 2.06. The van der Waals surface area contributed by atoms with Crippen LogP contribution in [0, 0.1) is 0 Å². The molecule has 0 aromatic heterocycles. The molecule has 0 radical (unpaired) electrons. The molecule has 0 aliphatic heterocycles. The summed E-state index contributed by atoms with van der Waals surface area (Å²) in [5.74, 6) is 0. The van der Waals surface area contributed by atoms with Gasteiger partial charge in [-0.1, -0.05) is 34.4 Å². The zero-order valence-corrected chi connectivity index (χ0v) is 9.41. The van der Waals surface area contributed by atoms with Crippen molar-refractivity contribution in [2.24, 2.45) is 10.8 Å². The second kappa shape index (κ2) is 5.83. The minimum Gasteiger partial charge on any atom is -0.327 e. The molecule has 1 aromatic carbocycles. The van der Waals surface area contributed by atoms with Gasteiger partial charge in [0, 0.05) is 27.5 Å². The molecule has 80 valence electrons. The van der Waals surface area contributed by atoms with Crippen LogP contribution in [0.4, 0.5) is 0 Å². The largest absolute Gasteiger partial charge is 0.327 e. The highest BCUT2D eigenvalue weighted by atomic mass is 35.5.